The molecule has 1 fully saturated rings. The number of thioether (sulfide) groups is 1. The van der Waals surface area contributed by atoms with Gasteiger partial charge in [0, 0.05) is 9.64 Å². The van der Waals surface area contributed by atoms with Crippen LogP contribution in [0.5, 0.6) is 0 Å². The molecule has 6 heteroatoms. The van der Waals surface area contributed by atoms with Crippen LogP contribution in [0.15, 0.2) is 29.2 Å². The number of hydrogen-bond donors (Lipinski definition) is 1. The van der Waals surface area contributed by atoms with Crippen LogP contribution in [-0.2, 0) is 4.74 Å². The number of rotatable bonds is 2. The summed E-state index contributed by atoms with van der Waals surface area (Å²) in [6.45, 7) is 5.14. The van der Waals surface area contributed by atoms with Gasteiger partial charge < -0.3 is 10.1 Å². The highest BCUT2D eigenvalue weighted by molar-refractivity contribution is 8.00. The molecule has 2 rings (SSSR count). The Labute approximate surface area is 121 Å². The molecule has 1 saturated heterocycles. The van der Waals surface area contributed by atoms with Crippen molar-refractivity contribution >= 4 is 17.9 Å². The number of nitrogens with one attached hydrogen (secondary N) is 1. The predicted octanol–water partition coefficient (Wildman–Crippen LogP) is 3.99. The van der Waals surface area contributed by atoms with Gasteiger partial charge in [-0.2, -0.15) is 0 Å². The highest BCUT2D eigenvalue weighted by Gasteiger charge is 2.47. The summed E-state index contributed by atoms with van der Waals surface area (Å²) in [4.78, 5) is 12.0. The van der Waals surface area contributed by atoms with E-state index >= 15 is 0 Å². The van der Waals surface area contributed by atoms with Crippen molar-refractivity contribution in [3.05, 3.63) is 29.8 Å². The van der Waals surface area contributed by atoms with Gasteiger partial charge in [0.15, 0.2) is 6.61 Å². The average molecular weight is 301 g/mol. The molecule has 3 nitrogen and oxygen atoms in total. The first kappa shape index (κ1) is 15.1. The molecular formula is C14H17F2NO2S. The van der Waals surface area contributed by atoms with Crippen molar-refractivity contribution < 1.29 is 18.3 Å². The Balaban J connectivity index is 2.38. The van der Waals surface area contributed by atoms with Crippen molar-refractivity contribution in [3.8, 4) is 0 Å². The number of cyclic esters (lactones) is 1. The molecule has 0 saturated carbocycles. The minimum absolute atomic E-state index is 0.111. The predicted molar refractivity (Wildman–Crippen MR) is 74.2 cm³/mol. The Morgan fingerprint density at radius 3 is 2.65 bits per heavy atom. The van der Waals surface area contributed by atoms with E-state index in [0.717, 1.165) is 4.90 Å². The van der Waals surface area contributed by atoms with Crippen LogP contribution in [0.3, 0.4) is 0 Å². The third kappa shape index (κ3) is 3.42. The van der Waals surface area contributed by atoms with Gasteiger partial charge in [0.1, 0.15) is 6.04 Å². The van der Waals surface area contributed by atoms with E-state index in [1.807, 2.05) is 20.8 Å². The zero-order valence-corrected chi connectivity index (χ0v) is 12.4. The molecule has 1 aliphatic rings. The molecule has 20 heavy (non-hydrogen) atoms. The van der Waals surface area contributed by atoms with Crippen molar-refractivity contribution in [2.24, 2.45) is 0 Å². The lowest BCUT2D eigenvalue weighted by atomic mass is 10.00. The number of amides is 1. The SMILES string of the molecule is CC(C)(C)Sc1ccccc1[C@@H]1NC(=O)OCC1(F)F. The summed E-state index contributed by atoms with van der Waals surface area (Å²) in [5.74, 6) is -3.12. The lowest BCUT2D eigenvalue weighted by molar-refractivity contribution is -0.104. The van der Waals surface area contributed by atoms with E-state index in [1.54, 1.807) is 24.3 Å². The third-order valence-corrected chi connectivity index (χ3v) is 3.93. The van der Waals surface area contributed by atoms with Crippen LogP contribution in [0.1, 0.15) is 32.4 Å². The number of benzene rings is 1. The van der Waals surface area contributed by atoms with E-state index < -0.39 is 24.7 Å². The summed E-state index contributed by atoms with van der Waals surface area (Å²) in [7, 11) is 0. The van der Waals surface area contributed by atoms with Gasteiger partial charge >= 0.3 is 12.0 Å². The highest BCUT2D eigenvalue weighted by Crippen LogP contribution is 2.41. The van der Waals surface area contributed by atoms with Crippen molar-refractivity contribution in [2.75, 3.05) is 6.61 Å². The fourth-order valence-corrected chi connectivity index (χ4v) is 3.07. The molecule has 0 aromatic heterocycles. The second-order valence-electron chi connectivity index (χ2n) is 5.67. The minimum atomic E-state index is -3.12. The van der Waals surface area contributed by atoms with Crippen molar-refractivity contribution in [3.63, 3.8) is 0 Å². The Morgan fingerprint density at radius 2 is 2.00 bits per heavy atom. The van der Waals surface area contributed by atoms with E-state index in [2.05, 4.69) is 10.1 Å². The summed E-state index contributed by atoms with van der Waals surface area (Å²) in [5.41, 5.74) is 0.425. The van der Waals surface area contributed by atoms with Crippen LogP contribution in [0.4, 0.5) is 13.6 Å². The maximum atomic E-state index is 14.0. The number of alkyl halides is 2. The van der Waals surface area contributed by atoms with Gasteiger partial charge in [0.05, 0.1) is 0 Å². The summed E-state index contributed by atoms with van der Waals surface area (Å²) >= 11 is 1.50. The van der Waals surface area contributed by atoms with Crippen LogP contribution < -0.4 is 5.32 Å². The molecule has 110 valence electrons. The van der Waals surface area contributed by atoms with E-state index in [-0.39, 0.29) is 4.75 Å². The highest BCUT2D eigenvalue weighted by atomic mass is 32.2. The summed E-state index contributed by atoms with van der Waals surface area (Å²) in [6.07, 6.45) is -0.809. The monoisotopic (exact) mass is 301 g/mol. The van der Waals surface area contributed by atoms with Gasteiger partial charge in [-0.3, -0.25) is 0 Å². The molecule has 1 aliphatic heterocycles. The Morgan fingerprint density at radius 1 is 1.35 bits per heavy atom. The molecule has 0 spiro atoms. The number of carbonyl (C=O) groups excluding carboxylic acids is 1. The third-order valence-electron chi connectivity index (χ3n) is 2.73. The number of ether oxygens (including phenoxy) is 1. The zero-order valence-electron chi connectivity index (χ0n) is 11.6. The molecule has 1 N–H and O–H groups in total. The fraction of sp³-hybridized carbons (Fsp3) is 0.500. The number of alkyl carbamates (subject to hydrolysis) is 1. The van der Waals surface area contributed by atoms with Gasteiger partial charge in [-0.05, 0) is 11.6 Å². The van der Waals surface area contributed by atoms with Gasteiger partial charge in [0.25, 0.3) is 0 Å². The Bertz CT molecular complexity index is 514. The van der Waals surface area contributed by atoms with Gasteiger partial charge in [-0.15, -0.1) is 11.8 Å². The number of carbonyl (C=O) groups is 1. The molecule has 1 atom stereocenters. The first-order valence-corrected chi connectivity index (χ1v) is 7.10. The average Bonchev–Trinajstić information content (AvgIpc) is 2.31. The molecule has 0 unspecified atom stereocenters. The number of halogens is 2. The van der Waals surface area contributed by atoms with Crippen LogP contribution in [0.2, 0.25) is 0 Å². The molecule has 1 amide bonds. The first-order chi connectivity index (χ1) is 9.19. The smallest absolute Gasteiger partial charge is 0.408 e. The van der Waals surface area contributed by atoms with Crippen molar-refractivity contribution in [1.82, 2.24) is 5.32 Å². The summed E-state index contributed by atoms with van der Waals surface area (Å²) in [6, 6.07) is 5.56. The number of hydrogen-bond acceptors (Lipinski definition) is 3. The van der Waals surface area contributed by atoms with Gasteiger partial charge in [-0.1, -0.05) is 39.0 Å². The van der Waals surface area contributed by atoms with Crippen LogP contribution in [-0.4, -0.2) is 23.4 Å². The topological polar surface area (TPSA) is 38.3 Å². The normalized spacial score (nSPS) is 22.1. The van der Waals surface area contributed by atoms with E-state index in [0.29, 0.717) is 5.56 Å². The molecule has 1 aromatic carbocycles. The Hall–Kier alpha value is -1.30. The Kier molecular flexibility index (Phi) is 3.95. The van der Waals surface area contributed by atoms with Crippen molar-refractivity contribution in [2.45, 2.75) is 42.4 Å². The molecule has 1 aromatic rings. The summed E-state index contributed by atoms with van der Waals surface area (Å²) in [5, 5.41) is 2.22. The molecular weight excluding hydrogens is 284 g/mol. The lowest BCUT2D eigenvalue weighted by Crippen LogP contribution is -2.49. The second kappa shape index (κ2) is 5.24. The van der Waals surface area contributed by atoms with E-state index in [4.69, 9.17) is 0 Å². The molecule has 0 bridgehead atoms. The fourth-order valence-electron chi connectivity index (χ4n) is 1.96. The van der Waals surface area contributed by atoms with Gasteiger partial charge in [-0.25, -0.2) is 13.6 Å². The van der Waals surface area contributed by atoms with E-state index in [9.17, 15) is 13.6 Å². The zero-order chi connectivity index (χ0) is 15.0. The summed E-state index contributed by atoms with van der Waals surface area (Å²) < 4.78 is 32.3. The van der Waals surface area contributed by atoms with Crippen LogP contribution >= 0.6 is 11.8 Å². The maximum absolute atomic E-state index is 14.0. The largest absolute Gasteiger partial charge is 0.443 e. The van der Waals surface area contributed by atoms with Crippen LogP contribution in [0.25, 0.3) is 0 Å². The quantitative estimate of drug-likeness (QED) is 0.839. The minimum Gasteiger partial charge on any atom is -0.443 e. The van der Waals surface area contributed by atoms with E-state index in [1.165, 1.54) is 11.8 Å². The maximum Gasteiger partial charge on any atom is 0.408 e. The van der Waals surface area contributed by atoms with Crippen LogP contribution in [0, 0.1) is 0 Å². The first-order valence-electron chi connectivity index (χ1n) is 6.28. The van der Waals surface area contributed by atoms with Gasteiger partial charge in [0.2, 0.25) is 0 Å². The lowest BCUT2D eigenvalue weighted by Gasteiger charge is -2.33. The second-order valence-corrected chi connectivity index (χ2v) is 7.54. The molecule has 0 aliphatic carbocycles. The molecule has 0 radical (unpaired) electrons. The molecule has 1 heterocycles. The van der Waals surface area contributed by atoms with Crippen molar-refractivity contribution in [1.29, 1.82) is 0 Å². The standard InChI is InChI=1S/C14H17F2NO2S/c1-13(2,3)20-10-7-5-4-6-9(10)11-14(15,16)8-19-12(18)17-11/h4-7,11H,8H2,1-3H3,(H,17,18)/t11-/m0/s1.